The lowest BCUT2D eigenvalue weighted by Gasteiger charge is -2.43. The van der Waals surface area contributed by atoms with Crippen molar-refractivity contribution in [3.63, 3.8) is 0 Å². The van der Waals surface area contributed by atoms with Crippen molar-refractivity contribution in [2.45, 2.75) is 51.0 Å². The first-order chi connectivity index (χ1) is 7.77. The monoisotopic (exact) mass is 215 g/mol. The number of hydrogen-bond donors (Lipinski definition) is 1. The molecule has 0 bridgehead atoms. The van der Waals surface area contributed by atoms with Crippen LogP contribution in [0.5, 0.6) is 0 Å². The molecule has 2 aliphatic rings. The van der Waals surface area contributed by atoms with Gasteiger partial charge in [0.1, 0.15) is 0 Å². The molecule has 0 saturated heterocycles. The first-order valence-electron chi connectivity index (χ1n) is 6.60. The molecular formula is C15H21N. The molecule has 0 heterocycles. The normalized spacial score (nSPS) is 33.7. The van der Waals surface area contributed by atoms with Gasteiger partial charge in [0.2, 0.25) is 0 Å². The van der Waals surface area contributed by atoms with Crippen LogP contribution < -0.4 is 5.73 Å². The molecule has 0 aliphatic heterocycles. The van der Waals surface area contributed by atoms with Crippen LogP contribution in [0.3, 0.4) is 0 Å². The van der Waals surface area contributed by atoms with E-state index < -0.39 is 0 Å². The standard InChI is InChI=1S/C15H21N/c16-14-6-9-15(10-7-14)8-5-12-3-1-2-4-13(12)11-15/h1-4,14H,5-11,16H2. The second-order valence-electron chi connectivity index (χ2n) is 5.78. The van der Waals surface area contributed by atoms with Crippen LogP contribution in [0.15, 0.2) is 24.3 Å². The van der Waals surface area contributed by atoms with E-state index in [0.717, 1.165) is 0 Å². The van der Waals surface area contributed by atoms with E-state index in [1.165, 1.54) is 44.9 Å². The van der Waals surface area contributed by atoms with Gasteiger partial charge < -0.3 is 5.73 Å². The van der Waals surface area contributed by atoms with Crippen molar-refractivity contribution in [1.82, 2.24) is 0 Å². The smallest absolute Gasteiger partial charge is 0.00392 e. The van der Waals surface area contributed by atoms with Crippen molar-refractivity contribution in [1.29, 1.82) is 0 Å². The third-order valence-electron chi connectivity index (χ3n) is 4.70. The Labute approximate surface area is 98.0 Å². The predicted molar refractivity (Wildman–Crippen MR) is 67.3 cm³/mol. The zero-order chi connectivity index (χ0) is 11.0. The summed E-state index contributed by atoms with van der Waals surface area (Å²) in [4.78, 5) is 0. The lowest BCUT2D eigenvalue weighted by atomic mass is 9.63. The van der Waals surface area contributed by atoms with E-state index in [9.17, 15) is 0 Å². The Kier molecular flexibility index (Phi) is 2.51. The number of aryl methyl sites for hydroxylation is 1. The lowest BCUT2D eigenvalue weighted by molar-refractivity contribution is 0.150. The highest BCUT2D eigenvalue weighted by molar-refractivity contribution is 5.31. The maximum atomic E-state index is 6.02. The summed E-state index contributed by atoms with van der Waals surface area (Å²) < 4.78 is 0. The van der Waals surface area contributed by atoms with Gasteiger partial charge in [-0.2, -0.15) is 0 Å². The number of hydrogen-bond acceptors (Lipinski definition) is 1. The molecule has 1 spiro atoms. The van der Waals surface area contributed by atoms with Gasteiger partial charge in [-0.3, -0.25) is 0 Å². The van der Waals surface area contributed by atoms with Crippen molar-refractivity contribution >= 4 is 0 Å². The summed E-state index contributed by atoms with van der Waals surface area (Å²) in [5.41, 5.74) is 9.81. The van der Waals surface area contributed by atoms with Gasteiger partial charge in [0.05, 0.1) is 0 Å². The van der Waals surface area contributed by atoms with Gasteiger partial charge in [-0.15, -0.1) is 0 Å². The largest absolute Gasteiger partial charge is 0.328 e. The van der Waals surface area contributed by atoms with Crippen molar-refractivity contribution in [3.8, 4) is 0 Å². The molecule has 0 amide bonds. The van der Waals surface area contributed by atoms with Gasteiger partial charge in [-0.25, -0.2) is 0 Å². The van der Waals surface area contributed by atoms with Gasteiger partial charge >= 0.3 is 0 Å². The van der Waals surface area contributed by atoms with E-state index in [1.54, 1.807) is 11.1 Å². The zero-order valence-electron chi connectivity index (χ0n) is 9.91. The number of nitrogens with two attached hydrogens (primary N) is 1. The second-order valence-corrected chi connectivity index (χ2v) is 5.78. The summed E-state index contributed by atoms with van der Waals surface area (Å²) in [5, 5.41) is 0. The fourth-order valence-electron chi connectivity index (χ4n) is 3.55. The Morgan fingerprint density at radius 3 is 2.44 bits per heavy atom. The fourth-order valence-corrected chi connectivity index (χ4v) is 3.55. The van der Waals surface area contributed by atoms with Crippen LogP contribution in [0.2, 0.25) is 0 Å². The maximum Gasteiger partial charge on any atom is 0.00392 e. The molecule has 0 atom stereocenters. The van der Waals surface area contributed by atoms with Crippen LogP contribution in [0.25, 0.3) is 0 Å². The molecule has 1 heteroatoms. The van der Waals surface area contributed by atoms with Crippen LogP contribution in [0.1, 0.15) is 43.2 Å². The van der Waals surface area contributed by atoms with E-state index in [-0.39, 0.29) is 0 Å². The van der Waals surface area contributed by atoms with Crippen LogP contribution in [0, 0.1) is 5.41 Å². The molecule has 16 heavy (non-hydrogen) atoms. The molecule has 2 aliphatic carbocycles. The Hall–Kier alpha value is -0.820. The molecule has 0 unspecified atom stereocenters. The van der Waals surface area contributed by atoms with Gasteiger partial charge in [0, 0.05) is 6.04 Å². The Bertz CT molecular complexity index is 375. The van der Waals surface area contributed by atoms with E-state index in [0.29, 0.717) is 11.5 Å². The fraction of sp³-hybridized carbons (Fsp3) is 0.600. The second kappa shape index (κ2) is 3.89. The molecule has 86 valence electrons. The molecule has 1 saturated carbocycles. The minimum absolute atomic E-state index is 0.475. The molecule has 1 fully saturated rings. The van der Waals surface area contributed by atoms with E-state index in [2.05, 4.69) is 24.3 Å². The van der Waals surface area contributed by atoms with E-state index >= 15 is 0 Å². The highest BCUT2D eigenvalue weighted by atomic mass is 14.6. The molecule has 0 radical (unpaired) electrons. The lowest BCUT2D eigenvalue weighted by Crippen LogP contribution is -2.37. The molecule has 0 aromatic heterocycles. The van der Waals surface area contributed by atoms with Gasteiger partial charge in [-0.1, -0.05) is 24.3 Å². The first-order valence-corrected chi connectivity index (χ1v) is 6.60. The van der Waals surface area contributed by atoms with E-state index in [4.69, 9.17) is 5.73 Å². The SMILES string of the molecule is NC1CCC2(CCc3ccccc3C2)CC1. The summed E-state index contributed by atoms with van der Waals surface area (Å²) in [6.45, 7) is 0. The first kappa shape index (κ1) is 10.3. The highest BCUT2D eigenvalue weighted by Gasteiger charge is 2.36. The third-order valence-corrected chi connectivity index (χ3v) is 4.70. The van der Waals surface area contributed by atoms with E-state index in [1.807, 2.05) is 0 Å². The zero-order valence-corrected chi connectivity index (χ0v) is 9.91. The molecule has 1 aromatic carbocycles. The summed E-state index contributed by atoms with van der Waals surface area (Å²) in [6, 6.07) is 9.46. The molecule has 1 nitrogen and oxygen atoms in total. The Morgan fingerprint density at radius 1 is 1.00 bits per heavy atom. The number of fused-ring (bicyclic) bond motifs is 1. The summed E-state index contributed by atoms with van der Waals surface area (Å²) >= 11 is 0. The summed E-state index contributed by atoms with van der Waals surface area (Å²) in [5.74, 6) is 0. The molecular weight excluding hydrogens is 194 g/mol. The van der Waals surface area contributed by atoms with Gasteiger partial charge in [0.15, 0.2) is 0 Å². The minimum atomic E-state index is 0.475. The average Bonchev–Trinajstić information content (AvgIpc) is 2.33. The van der Waals surface area contributed by atoms with Crippen LogP contribution in [0.4, 0.5) is 0 Å². The molecule has 1 aromatic rings. The molecule has 3 rings (SSSR count). The summed E-state index contributed by atoms with van der Waals surface area (Å²) in [6.07, 6.45) is 9.15. The van der Waals surface area contributed by atoms with Crippen LogP contribution >= 0.6 is 0 Å². The Balaban J connectivity index is 1.82. The summed E-state index contributed by atoms with van der Waals surface area (Å²) in [7, 11) is 0. The molecule has 2 N–H and O–H groups in total. The van der Waals surface area contributed by atoms with Crippen LogP contribution in [-0.2, 0) is 12.8 Å². The number of benzene rings is 1. The number of rotatable bonds is 0. The average molecular weight is 215 g/mol. The van der Waals surface area contributed by atoms with Gasteiger partial charge in [0.25, 0.3) is 0 Å². The Morgan fingerprint density at radius 2 is 1.69 bits per heavy atom. The van der Waals surface area contributed by atoms with Crippen LogP contribution in [-0.4, -0.2) is 6.04 Å². The maximum absolute atomic E-state index is 6.02. The topological polar surface area (TPSA) is 26.0 Å². The van der Waals surface area contributed by atoms with Crippen molar-refractivity contribution in [2.24, 2.45) is 11.1 Å². The van der Waals surface area contributed by atoms with Crippen molar-refractivity contribution < 1.29 is 0 Å². The highest BCUT2D eigenvalue weighted by Crippen LogP contribution is 2.45. The van der Waals surface area contributed by atoms with Crippen molar-refractivity contribution in [2.75, 3.05) is 0 Å². The van der Waals surface area contributed by atoms with Crippen molar-refractivity contribution in [3.05, 3.63) is 35.4 Å². The third kappa shape index (κ3) is 1.78. The minimum Gasteiger partial charge on any atom is -0.328 e. The van der Waals surface area contributed by atoms with Gasteiger partial charge in [-0.05, 0) is 61.5 Å². The quantitative estimate of drug-likeness (QED) is 0.707. The predicted octanol–water partition coefficient (Wildman–Crippen LogP) is 3.06.